The van der Waals surface area contributed by atoms with Gasteiger partial charge in [-0.25, -0.2) is 4.79 Å². The number of likely N-dealkylation sites (N-methyl/N-ethyl adjacent to an activating group) is 1. The van der Waals surface area contributed by atoms with E-state index in [1.807, 2.05) is 25.7 Å². The molecular weight excluding hydrogens is 436 g/mol. The lowest BCUT2D eigenvalue weighted by atomic mass is 10.0. The Morgan fingerprint density at radius 1 is 1.21 bits per heavy atom. The van der Waals surface area contributed by atoms with Crippen molar-refractivity contribution in [3.05, 3.63) is 23.8 Å². The molecule has 1 saturated carbocycles. The van der Waals surface area contributed by atoms with Gasteiger partial charge in [-0.15, -0.1) is 0 Å². The average Bonchev–Trinajstić information content (AvgIpc) is 3.67. The summed E-state index contributed by atoms with van der Waals surface area (Å²) in [4.78, 5) is 42.0. The number of urea groups is 1. The number of amides is 4. The largest absolute Gasteiger partial charge is 0.491 e. The normalized spacial score (nSPS) is 23.8. The lowest BCUT2D eigenvalue weighted by Crippen LogP contribution is -2.49. The van der Waals surface area contributed by atoms with Crippen molar-refractivity contribution < 1.29 is 23.9 Å². The van der Waals surface area contributed by atoms with Crippen LogP contribution in [0.15, 0.2) is 18.2 Å². The summed E-state index contributed by atoms with van der Waals surface area (Å²) in [5, 5.41) is 5.53. The number of carbonyl (C=O) groups excluding carboxylic acids is 3. The molecule has 0 radical (unpaired) electrons. The molecule has 188 valence electrons. The van der Waals surface area contributed by atoms with Crippen LogP contribution in [-0.2, 0) is 9.53 Å². The van der Waals surface area contributed by atoms with Gasteiger partial charge in [0.1, 0.15) is 12.4 Å². The van der Waals surface area contributed by atoms with Gasteiger partial charge < -0.3 is 29.9 Å². The maximum absolute atomic E-state index is 13.4. The zero-order valence-electron chi connectivity index (χ0n) is 20.9. The predicted octanol–water partition coefficient (Wildman–Crippen LogP) is 2.96. The van der Waals surface area contributed by atoms with Crippen molar-refractivity contribution >= 4 is 23.5 Å². The van der Waals surface area contributed by atoms with Crippen LogP contribution in [0.1, 0.15) is 50.4 Å². The Bertz CT molecular complexity index is 888. The van der Waals surface area contributed by atoms with Gasteiger partial charge in [0.05, 0.1) is 17.7 Å². The van der Waals surface area contributed by atoms with Gasteiger partial charge in [-0.1, -0.05) is 13.8 Å². The molecule has 0 saturated heterocycles. The number of fused-ring (bicyclic) bond motifs is 1. The van der Waals surface area contributed by atoms with Crippen molar-refractivity contribution in [3.8, 4) is 5.75 Å². The fourth-order valence-electron chi connectivity index (χ4n) is 4.14. The van der Waals surface area contributed by atoms with Crippen molar-refractivity contribution in [3.63, 3.8) is 0 Å². The number of benzene rings is 1. The number of rotatable bonds is 5. The van der Waals surface area contributed by atoms with Crippen LogP contribution in [0.2, 0.25) is 0 Å². The quantitative estimate of drug-likeness (QED) is 0.684. The van der Waals surface area contributed by atoms with Crippen LogP contribution in [0.5, 0.6) is 5.75 Å². The van der Waals surface area contributed by atoms with E-state index in [0.29, 0.717) is 36.6 Å². The first-order valence-corrected chi connectivity index (χ1v) is 12.2. The highest BCUT2D eigenvalue weighted by Gasteiger charge is 2.37. The first kappa shape index (κ1) is 25.8. The Kier molecular flexibility index (Phi) is 8.77. The average molecular weight is 475 g/mol. The molecule has 2 N–H and O–H groups in total. The second kappa shape index (κ2) is 11.6. The molecule has 3 atom stereocenters. The predicted molar refractivity (Wildman–Crippen MR) is 130 cm³/mol. The summed E-state index contributed by atoms with van der Waals surface area (Å²) in [5.74, 6) is 0.495. The molecule has 1 fully saturated rings. The van der Waals surface area contributed by atoms with Crippen LogP contribution < -0.4 is 15.4 Å². The maximum Gasteiger partial charge on any atom is 0.319 e. The van der Waals surface area contributed by atoms with Crippen molar-refractivity contribution in [1.82, 2.24) is 15.1 Å². The summed E-state index contributed by atoms with van der Waals surface area (Å²) in [6, 6.07) is 4.55. The maximum atomic E-state index is 13.4. The van der Waals surface area contributed by atoms with Crippen molar-refractivity contribution in [2.75, 3.05) is 45.7 Å². The molecule has 2 aliphatic rings. The number of hydrogen-bond donors (Lipinski definition) is 2. The molecule has 9 nitrogen and oxygen atoms in total. The Hall–Kier alpha value is -2.81. The Morgan fingerprint density at radius 3 is 2.59 bits per heavy atom. The summed E-state index contributed by atoms with van der Waals surface area (Å²) in [6.07, 6.45) is 2.46. The first-order chi connectivity index (χ1) is 16.2. The first-order valence-electron chi connectivity index (χ1n) is 12.2. The molecule has 9 heteroatoms. The fraction of sp³-hybridized carbons (Fsp3) is 0.640. The molecule has 0 spiro atoms. The second-order valence-corrected chi connectivity index (χ2v) is 9.45. The van der Waals surface area contributed by atoms with E-state index in [2.05, 4.69) is 10.6 Å². The van der Waals surface area contributed by atoms with Gasteiger partial charge in [0.15, 0.2) is 0 Å². The lowest BCUT2D eigenvalue weighted by Gasteiger charge is -2.36. The van der Waals surface area contributed by atoms with Gasteiger partial charge in [0, 0.05) is 51.3 Å². The number of anilines is 1. The summed E-state index contributed by atoms with van der Waals surface area (Å²) in [7, 11) is 3.36. The second-order valence-electron chi connectivity index (χ2n) is 9.45. The van der Waals surface area contributed by atoms with Crippen LogP contribution in [-0.4, -0.2) is 80.2 Å². The van der Waals surface area contributed by atoms with Crippen LogP contribution in [0.25, 0.3) is 0 Å². The molecule has 0 bridgehead atoms. The van der Waals surface area contributed by atoms with Gasteiger partial charge in [-0.05, 0) is 44.4 Å². The number of hydrogen-bond acceptors (Lipinski definition) is 5. The number of nitrogens with one attached hydrogen (secondary N) is 2. The van der Waals surface area contributed by atoms with Crippen LogP contribution in [0.3, 0.4) is 0 Å². The molecule has 4 amide bonds. The summed E-state index contributed by atoms with van der Waals surface area (Å²) >= 11 is 0. The lowest BCUT2D eigenvalue weighted by molar-refractivity contribution is -0.136. The van der Waals surface area contributed by atoms with Crippen LogP contribution in [0, 0.1) is 11.8 Å². The van der Waals surface area contributed by atoms with E-state index in [4.69, 9.17) is 9.47 Å². The fourth-order valence-corrected chi connectivity index (χ4v) is 4.14. The zero-order chi connectivity index (χ0) is 24.8. The standard InChI is InChI=1S/C25H38N4O5/c1-6-11-26-25(32)27-19-9-10-21-20(12-19)24(31)28(4)14-22(33-5)16(2)13-29(17(3)15-34-21)23(30)18-7-8-18/h9-10,12,16-18,22H,6-8,11,13-15H2,1-5H3,(H2,26,27,32)/t16-,17-,22+/m0/s1. The smallest absolute Gasteiger partial charge is 0.319 e. The Balaban J connectivity index is 1.90. The molecule has 1 heterocycles. The SMILES string of the molecule is CCCNC(=O)Nc1ccc2c(c1)C(=O)N(C)C[C@@H](OC)[C@@H](C)CN(C(=O)C1CC1)[C@@H](C)CO2. The molecular formula is C25H38N4O5. The van der Waals surface area contributed by atoms with E-state index in [0.717, 1.165) is 19.3 Å². The van der Waals surface area contributed by atoms with Crippen LogP contribution >= 0.6 is 0 Å². The number of nitrogens with zero attached hydrogens (tertiary/aromatic N) is 2. The molecule has 1 aromatic carbocycles. The van der Waals surface area contributed by atoms with E-state index in [1.165, 1.54) is 0 Å². The highest BCUT2D eigenvalue weighted by atomic mass is 16.5. The van der Waals surface area contributed by atoms with Gasteiger partial charge in [0.25, 0.3) is 5.91 Å². The highest BCUT2D eigenvalue weighted by molar-refractivity contribution is 5.99. The van der Waals surface area contributed by atoms with E-state index < -0.39 is 0 Å². The van der Waals surface area contributed by atoms with Gasteiger partial charge >= 0.3 is 6.03 Å². The van der Waals surface area contributed by atoms with Crippen LogP contribution in [0.4, 0.5) is 10.5 Å². The Morgan fingerprint density at radius 2 is 1.94 bits per heavy atom. The minimum atomic E-state index is -0.326. The number of ether oxygens (including phenoxy) is 2. The van der Waals surface area contributed by atoms with E-state index in [9.17, 15) is 14.4 Å². The van der Waals surface area contributed by atoms with E-state index >= 15 is 0 Å². The Labute approximate surface area is 202 Å². The highest BCUT2D eigenvalue weighted by Crippen LogP contribution is 2.33. The molecule has 1 aliphatic carbocycles. The number of carbonyl (C=O) groups is 3. The third-order valence-electron chi connectivity index (χ3n) is 6.45. The topological polar surface area (TPSA) is 100 Å². The van der Waals surface area contributed by atoms with E-state index in [1.54, 1.807) is 37.3 Å². The number of methoxy groups -OCH3 is 1. The summed E-state index contributed by atoms with van der Waals surface area (Å²) in [6.45, 7) is 7.73. The molecule has 0 aromatic heterocycles. The molecule has 34 heavy (non-hydrogen) atoms. The van der Waals surface area contributed by atoms with Crippen molar-refractivity contribution in [2.45, 2.75) is 52.2 Å². The summed E-state index contributed by atoms with van der Waals surface area (Å²) < 4.78 is 11.8. The van der Waals surface area contributed by atoms with Gasteiger partial charge in [0.2, 0.25) is 5.91 Å². The van der Waals surface area contributed by atoms with Crippen molar-refractivity contribution in [2.24, 2.45) is 11.8 Å². The molecule has 3 rings (SSSR count). The minimum absolute atomic E-state index is 0.0274. The summed E-state index contributed by atoms with van der Waals surface area (Å²) in [5.41, 5.74) is 0.853. The van der Waals surface area contributed by atoms with Crippen molar-refractivity contribution in [1.29, 1.82) is 0 Å². The molecule has 1 aliphatic heterocycles. The third kappa shape index (κ3) is 6.40. The monoisotopic (exact) mass is 474 g/mol. The molecule has 1 aromatic rings. The van der Waals surface area contributed by atoms with Gasteiger partial charge in [-0.3, -0.25) is 9.59 Å². The van der Waals surface area contributed by atoms with Gasteiger partial charge in [-0.2, -0.15) is 0 Å². The van der Waals surface area contributed by atoms with E-state index in [-0.39, 0.29) is 48.4 Å². The molecule has 0 unspecified atom stereocenters. The minimum Gasteiger partial charge on any atom is -0.491 e. The third-order valence-corrected chi connectivity index (χ3v) is 6.45. The zero-order valence-corrected chi connectivity index (χ0v) is 20.9.